The van der Waals surface area contributed by atoms with E-state index in [0.717, 1.165) is 47.1 Å². The van der Waals surface area contributed by atoms with Gasteiger partial charge in [-0.1, -0.05) is 37.8 Å². The van der Waals surface area contributed by atoms with Gasteiger partial charge >= 0.3 is 0 Å². The van der Waals surface area contributed by atoms with Crippen molar-refractivity contribution in [2.24, 2.45) is 0 Å². The molecule has 0 spiro atoms. The average molecular weight is 576 g/mol. The minimum atomic E-state index is 0.320. The highest BCUT2D eigenvalue weighted by Crippen LogP contribution is 2.22. The maximum atomic E-state index is 5.66. The molecule has 0 aliphatic rings. The summed E-state index contributed by atoms with van der Waals surface area (Å²) in [6.07, 6.45) is 7.11. The zero-order valence-corrected chi connectivity index (χ0v) is 21.6. The summed E-state index contributed by atoms with van der Waals surface area (Å²) >= 11 is 7.05. The molecule has 0 N–H and O–H groups in total. The lowest BCUT2D eigenvalue weighted by atomic mass is 10.3. The van der Waals surface area contributed by atoms with E-state index in [9.17, 15) is 0 Å². The smallest absolute Gasteiger partial charge is 0.120 e. The number of alkyl halides is 1. The van der Waals surface area contributed by atoms with Gasteiger partial charge in [0.1, 0.15) is 12.4 Å². The van der Waals surface area contributed by atoms with Crippen LogP contribution >= 0.6 is 31.9 Å². The maximum Gasteiger partial charge on any atom is 0.120 e. The van der Waals surface area contributed by atoms with Crippen LogP contribution < -0.4 is 0 Å². The monoisotopic (exact) mass is 574 g/mol. The van der Waals surface area contributed by atoms with Crippen molar-refractivity contribution in [2.75, 3.05) is 66.1 Å². The predicted octanol–water partition coefficient (Wildman–Crippen LogP) is 4.19. The molecule has 0 amide bonds. The van der Waals surface area contributed by atoms with Gasteiger partial charge in [0.05, 0.1) is 69.2 Å². The summed E-state index contributed by atoms with van der Waals surface area (Å²) in [5, 5.41) is 0.742. The number of aromatic nitrogens is 2. The highest BCUT2D eigenvalue weighted by molar-refractivity contribution is 9.10. The fraction of sp³-hybridized carbons (Fsp3) is 0.609. The maximum absolute atomic E-state index is 5.66. The molecule has 1 aromatic heterocycles. The van der Waals surface area contributed by atoms with Crippen molar-refractivity contribution in [2.45, 2.75) is 24.7 Å². The van der Waals surface area contributed by atoms with Crippen LogP contribution in [0.15, 0.2) is 22.7 Å². The van der Waals surface area contributed by atoms with Gasteiger partial charge in [-0.15, -0.1) is 6.42 Å². The Labute approximate surface area is 207 Å². The second kappa shape index (κ2) is 17.5. The van der Waals surface area contributed by atoms with E-state index in [4.69, 9.17) is 35.1 Å². The summed E-state index contributed by atoms with van der Waals surface area (Å²) in [5.74, 6) is 3.46. The summed E-state index contributed by atoms with van der Waals surface area (Å²) < 4.78 is 30.4. The van der Waals surface area contributed by atoms with Crippen LogP contribution in [-0.2, 0) is 35.6 Å². The number of imidazole rings is 1. The molecule has 178 valence electrons. The third-order valence-corrected chi connectivity index (χ3v) is 5.50. The first-order valence-corrected chi connectivity index (χ1v) is 12.7. The van der Waals surface area contributed by atoms with Crippen molar-refractivity contribution >= 4 is 42.9 Å². The molecule has 0 saturated carbocycles. The topological polar surface area (TPSA) is 64.0 Å². The van der Waals surface area contributed by atoms with E-state index in [1.165, 1.54) is 5.52 Å². The van der Waals surface area contributed by atoms with E-state index in [1.54, 1.807) is 0 Å². The molecule has 0 aliphatic heterocycles. The molecule has 2 rings (SSSR count). The summed E-state index contributed by atoms with van der Waals surface area (Å²) in [6.45, 7) is 6.33. The zero-order valence-electron chi connectivity index (χ0n) is 18.4. The number of terminal acetylenes is 1. The molecule has 0 radical (unpaired) electrons. The minimum Gasteiger partial charge on any atom is -0.379 e. The third kappa shape index (κ3) is 10.8. The molecule has 32 heavy (non-hydrogen) atoms. The zero-order chi connectivity index (χ0) is 22.9. The van der Waals surface area contributed by atoms with Crippen LogP contribution in [0.3, 0.4) is 0 Å². The number of hydrogen-bond acceptors (Lipinski definition) is 6. The number of hydrogen-bond donors (Lipinski definition) is 0. The number of ether oxygens (including phenoxy) is 5. The number of halogens is 2. The van der Waals surface area contributed by atoms with Gasteiger partial charge < -0.3 is 28.3 Å². The van der Waals surface area contributed by atoms with Crippen molar-refractivity contribution in [3.8, 4) is 12.3 Å². The Hall–Kier alpha value is -0.990. The lowest BCUT2D eigenvalue weighted by Gasteiger charge is -2.09. The largest absolute Gasteiger partial charge is 0.379 e. The normalized spacial score (nSPS) is 11.3. The first-order chi connectivity index (χ1) is 15.8. The van der Waals surface area contributed by atoms with E-state index in [2.05, 4.69) is 60.5 Å². The molecule has 0 unspecified atom stereocenters. The second-order valence-corrected chi connectivity index (χ2v) is 8.34. The van der Waals surface area contributed by atoms with Gasteiger partial charge in [-0.2, -0.15) is 0 Å². The fourth-order valence-electron chi connectivity index (χ4n) is 2.99. The van der Waals surface area contributed by atoms with Crippen LogP contribution in [0.2, 0.25) is 0 Å². The Kier molecular flexibility index (Phi) is 14.9. The Morgan fingerprint density at radius 1 is 0.844 bits per heavy atom. The minimum absolute atomic E-state index is 0.320. The first kappa shape index (κ1) is 27.3. The number of rotatable bonds is 19. The van der Waals surface area contributed by atoms with Gasteiger partial charge in [0, 0.05) is 17.6 Å². The molecule has 0 aliphatic carbocycles. The van der Waals surface area contributed by atoms with Crippen LogP contribution in [0.4, 0.5) is 0 Å². The van der Waals surface area contributed by atoms with Crippen molar-refractivity contribution in [3.63, 3.8) is 0 Å². The van der Waals surface area contributed by atoms with E-state index in [1.807, 2.05) is 0 Å². The Morgan fingerprint density at radius 3 is 2.03 bits per heavy atom. The van der Waals surface area contributed by atoms with Crippen LogP contribution in [0, 0.1) is 12.3 Å². The summed E-state index contributed by atoms with van der Waals surface area (Å²) in [6, 6.07) is 6.22. The summed E-state index contributed by atoms with van der Waals surface area (Å²) in [7, 11) is 0. The first-order valence-electron chi connectivity index (χ1n) is 10.8. The Bertz CT molecular complexity index is 810. The van der Waals surface area contributed by atoms with Gasteiger partial charge in [0.25, 0.3) is 0 Å². The molecular weight excluding hydrogens is 544 g/mol. The van der Waals surface area contributed by atoms with Gasteiger partial charge in [-0.05, 0) is 31.0 Å². The molecule has 1 heterocycles. The molecule has 9 heteroatoms. The number of nitrogens with zero attached hydrogens (tertiary/aromatic N) is 2. The number of benzene rings is 1. The molecule has 0 atom stereocenters. The van der Waals surface area contributed by atoms with Crippen molar-refractivity contribution in [1.82, 2.24) is 9.55 Å². The summed E-state index contributed by atoms with van der Waals surface area (Å²) in [4.78, 5) is 4.70. The average Bonchev–Trinajstić information content (AvgIpc) is 3.14. The van der Waals surface area contributed by atoms with Crippen LogP contribution in [0.1, 0.15) is 18.7 Å². The quantitative estimate of drug-likeness (QED) is 0.142. The number of aryl methyl sites for hydroxylation is 1. The van der Waals surface area contributed by atoms with E-state index < -0.39 is 0 Å². The van der Waals surface area contributed by atoms with Gasteiger partial charge in [-0.25, -0.2) is 4.98 Å². The predicted molar refractivity (Wildman–Crippen MR) is 132 cm³/mol. The highest BCUT2D eigenvalue weighted by Gasteiger charge is 2.09. The van der Waals surface area contributed by atoms with Gasteiger partial charge in [-0.3, -0.25) is 0 Å². The number of unbranched alkanes of at least 4 members (excludes halogenated alkanes) is 1. The highest BCUT2D eigenvalue weighted by atomic mass is 79.9. The SMILES string of the molecule is C#CCOCCOCCOCCOCCOCCCCn1c(CBr)nc2cc(Br)ccc21. The lowest BCUT2D eigenvalue weighted by molar-refractivity contribution is -0.00937. The molecule has 0 fully saturated rings. The molecule has 0 saturated heterocycles. The van der Waals surface area contributed by atoms with E-state index in [-0.39, 0.29) is 0 Å². The van der Waals surface area contributed by atoms with Gasteiger partial charge in [0.2, 0.25) is 0 Å². The number of fused-ring (bicyclic) bond motifs is 1. The second-order valence-electron chi connectivity index (χ2n) is 6.86. The molecule has 0 bridgehead atoms. The van der Waals surface area contributed by atoms with Crippen LogP contribution in [-0.4, -0.2) is 75.6 Å². The summed E-state index contributed by atoms with van der Waals surface area (Å²) in [5.41, 5.74) is 2.18. The van der Waals surface area contributed by atoms with E-state index >= 15 is 0 Å². The lowest BCUT2D eigenvalue weighted by Crippen LogP contribution is -2.13. The third-order valence-electron chi connectivity index (χ3n) is 4.50. The van der Waals surface area contributed by atoms with Crippen molar-refractivity contribution < 1.29 is 23.7 Å². The van der Waals surface area contributed by atoms with Crippen molar-refractivity contribution in [3.05, 3.63) is 28.5 Å². The molecule has 2 aromatic rings. The Balaban J connectivity index is 1.40. The van der Waals surface area contributed by atoms with Gasteiger partial charge in [0.15, 0.2) is 0 Å². The van der Waals surface area contributed by atoms with E-state index in [0.29, 0.717) is 59.5 Å². The molecular formula is C23H32Br2N2O5. The Morgan fingerprint density at radius 2 is 1.44 bits per heavy atom. The van der Waals surface area contributed by atoms with Crippen molar-refractivity contribution in [1.29, 1.82) is 0 Å². The van der Waals surface area contributed by atoms with Crippen LogP contribution in [0.25, 0.3) is 11.0 Å². The van der Waals surface area contributed by atoms with Crippen LogP contribution in [0.5, 0.6) is 0 Å². The molecule has 7 nitrogen and oxygen atoms in total. The fourth-order valence-corrected chi connectivity index (χ4v) is 3.77. The standard InChI is InChI=1S/C23H32Br2N2O5/c1-2-8-28-10-12-30-14-16-32-17-15-31-13-11-29-9-4-3-7-27-22-6-5-20(25)18-21(22)26-23(27)19-24/h1,5-6,18H,3-4,7-17,19H2. The molecule has 1 aromatic carbocycles.